The lowest BCUT2D eigenvalue weighted by Crippen LogP contribution is -2.39. The summed E-state index contributed by atoms with van der Waals surface area (Å²) in [5.41, 5.74) is 3.90. The van der Waals surface area contributed by atoms with Gasteiger partial charge in [-0.05, 0) is 55.0 Å². The van der Waals surface area contributed by atoms with Crippen LogP contribution in [0.4, 0.5) is 16.4 Å². The van der Waals surface area contributed by atoms with Crippen molar-refractivity contribution in [1.82, 2.24) is 15.0 Å². The first-order valence-electron chi connectivity index (χ1n) is 11.0. The number of aromatic nitrogens is 3. The van der Waals surface area contributed by atoms with Crippen molar-refractivity contribution >= 4 is 24.0 Å². The van der Waals surface area contributed by atoms with Crippen LogP contribution in [0.15, 0.2) is 42.9 Å². The van der Waals surface area contributed by atoms with E-state index in [-0.39, 0.29) is 11.7 Å². The smallest absolute Gasteiger partial charge is 0.328 e. The molecule has 0 unspecified atom stereocenters. The van der Waals surface area contributed by atoms with Crippen molar-refractivity contribution in [2.75, 3.05) is 30.5 Å². The predicted molar refractivity (Wildman–Crippen MR) is 127 cm³/mol. The van der Waals surface area contributed by atoms with Crippen LogP contribution < -0.4 is 10.2 Å². The Balaban J connectivity index is 1.60. The number of nitrogens with one attached hydrogen (secondary N) is 1. The summed E-state index contributed by atoms with van der Waals surface area (Å²) in [7, 11) is 1.63. The molecule has 2 amide bonds. The average Bonchev–Trinajstić information content (AvgIpc) is 2.88. The van der Waals surface area contributed by atoms with Gasteiger partial charge < -0.3 is 4.74 Å². The standard InChI is InChI=1S/C25H24N6O3/c1-34-10-4-7-17-12-23(28-15-20(17)13-26)30-25(33)31-9-3-6-18-11-21(19-5-2-8-27-14-19)22(16-32)29-24(18)31/h2,5,8,11-12,14-16H,3-4,6-7,9-10H2,1H3,(H,28,30,33). The number of carbonyl (C=O) groups excluding carboxylic acids is 2. The van der Waals surface area contributed by atoms with E-state index in [1.807, 2.05) is 12.1 Å². The SMILES string of the molecule is COCCCc1cc(NC(=O)N2CCCc3cc(-c4cccnc4)c(C=O)nc32)ncc1C#N. The van der Waals surface area contributed by atoms with E-state index in [1.165, 1.54) is 11.1 Å². The highest BCUT2D eigenvalue weighted by Gasteiger charge is 2.26. The fourth-order valence-electron chi connectivity index (χ4n) is 4.01. The summed E-state index contributed by atoms with van der Waals surface area (Å²) in [6.45, 7) is 1.04. The number of methoxy groups -OCH3 is 1. The van der Waals surface area contributed by atoms with Crippen molar-refractivity contribution in [3.05, 3.63) is 65.2 Å². The van der Waals surface area contributed by atoms with Crippen molar-refractivity contribution < 1.29 is 14.3 Å². The molecule has 0 saturated heterocycles. The van der Waals surface area contributed by atoms with Gasteiger partial charge in [-0.25, -0.2) is 14.8 Å². The van der Waals surface area contributed by atoms with E-state index in [0.29, 0.717) is 48.6 Å². The summed E-state index contributed by atoms with van der Waals surface area (Å²) >= 11 is 0. The second-order valence-electron chi connectivity index (χ2n) is 7.88. The van der Waals surface area contributed by atoms with Crippen molar-refractivity contribution in [2.45, 2.75) is 25.7 Å². The molecule has 4 rings (SSSR count). The van der Waals surface area contributed by atoms with E-state index in [2.05, 4.69) is 26.3 Å². The van der Waals surface area contributed by atoms with Crippen LogP contribution in [0, 0.1) is 11.3 Å². The van der Waals surface area contributed by atoms with Gasteiger partial charge in [0.1, 0.15) is 23.4 Å². The molecule has 1 N–H and O–H groups in total. The number of anilines is 2. The Bertz CT molecular complexity index is 1240. The molecule has 0 fully saturated rings. The Morgan fingerprint density at radius 1 is 1.35 bits per heavy atom. The van der Waals surface area contributed by atoms with Crippen molar-refractivity contribution in [1.29, 1.82) is 5.26 Å². The zero-order valence-corrected chi connectivity index (χ0v) is 18.8. The number of rotatable bonds is 7. The van der Waals surface area contributed by atoms with Gasteiger partial charge in [0.2, 0.25) is 0 Å². The first kappa shape index (κ1) is 23.0. The third-order valence-corrected chi connectivity index (χ3v) is 5.66. The third kappa shape index (κ3) is 4.92. The molecule has 0 spiro atoms. The Hall–Kier alpha value is -4.16. The molecule has 0 atom stereocenters. The summed E-state index contributed by atoms with van der Waals surface area (Å²) in [6, 6.07) is 9.05. The summed E-state index contributed by atoms with van der Waals surface area (Å²) in [4.78, 5) is 39.4. The number of pyridine rings is 3. The molecule has 9 heteroatoms. The summed E-state index contributed by atoms with van der Waals surface area (Å²) in [6.07, 6.45) is 8.41. The second-order valence-corrected chi connectivity index (χ2v) is 7.88. The van der Waals surface area contributed by atoms with Gasteiger partial charge in [0.25, 0.3) is 0 Å². The highest BCUT2D eigenvalue weighted by Crippen LogP contribution is 2.32. The van der Waals surface area contributed by atoms with Crippen LogP contribution in [0.25, 0.3) is 11.1 Å². The van der Waals surface area contributed by atoms with Gasteiger partial charge in [0.15, 0.2) is 6.29 Å². The van der Waals surface area contributed by atoms with Crippen molar-refractivity contribution in [2.24, 2.45) is 0 Å². The van der Waals surface area contributed by atoms with Crippen molar-refractivity contribution in [3.8, 4) is 17.2 Å². The Kier molecular flexibility index (Phi) is 7.20. The first-order chi connectivity index (χ1) is 16.6. The van der Waals surface area contributed by atoms with Crippen LogP contribution >= 0.6 is 0 Å². The van der Waals surface area contributed by atoms with Crippen LogP contribution in [0.2, 0.25) is 0 Å². The number of fused-ring (bicyclic) bond motifs is 1. The quantitative estimate of drug-likeness (QED) is 0.424. The molecule has 9 nitrogen and oxygen atoms in total. The molecule has 0 saturated carbocycles. The van der Waals surface area contributed by atoms with Crippen LogP contribution in [0.1, 0.15) is 40.0 Å². The van der Waals surface area contributed by atoms with Crippen LogP contribution in [-0.4, -0.2) is 47.5 Å². The number of hydrogen-bond acceptors (Lipinski definition) is 7. The lowest BCUT2D eigenvalue weighted by atomic mass is 9.99. The Morgan fingerprint density at radius 3 is 2.97 bits per heavy atom. The van der Waals surface area contributed by atoms with Gasteiger partial charge in [0, 0.05) is 50.0 Å². The van der Waals surface area contributed by atoms with Gasteiger partial charge >= 0.3 is 6.03 Å². The molecule has 3 aromatic heterocycles. The number of aldehydes is 1. The number of carbonyl (C=O) groups is 2. The minimum Gasteiger partial charge on any atom is -0.385 e. The minimum absolute atomic E-state index is 0.253. The molecule has 0 aliphatic carbocycles. The number of urea groups is 1. The number of ether oxygens (including phenoxy) is 1. The van der Waals surface area contributed by atoms with Crippen LogP contribution in [0.3, 0.4) is 0 Å². The highest BCUT2D eigenvalue weighted by molar-refractivity contribution is 6.02. The number of nitrogens with zero attached hydrogens (tertiary/aromatic N) is 5. The largest absolute Gasteiger partial charge is 0.385 e. The zero-order valence-electron chi connectivity index (χ0n) is 18.8. The average molecular weight is 457 g/mol. The molecule has 0 radical (unpaired) electrons. The molecule has 172 valence electrons. The Labute approximate surface area is 197 Å². The number of amides is 2. The maximum Gasteiger partial charge on any atom is 0.328 e. The van der Waals surface area contributed by atoms with Crippen LogP contribution in [0.5, 0.6) is 0 Å². The van der Waals surface area contributed by atoms with E-state index in [4.69, 9.17) is 4.74 Å². The van der Waals surface area contributed by atoms with E-state index < -0.39 is 0 Å². The van der Waals surface area contributed by atoms with Crippen LogP contribution in [-0.2, 0) is 17.6 Å². The summed E-state index contributed by atoms with van der Waals surface area (Å²) in [5.74, 6) is 0.818. The summed E-state index contributed by atoms with van der Waals surface area (Å²) < 4.78 is 5.09. The maximum atomic E-state index is 13.2. The third-order valence-electron chi connectivity index (χ3n) is 5.66. The lowest BCUT2D eigenvalue weighted by molar-refractivity contribution is 0.111. The molecule has 1 aliphatic heterocycles. The highest BCUT2D eigenvalue weighted by atomic mass is 16.5. The normalized spacial score (nSPS) is 12.5. The Morgan fingerprint density at radius 2 is 2.24 bits per heavy atom. The monoisotopic (exact) mass is 456 g/mol. The molecule has 0 aromatic carbocycles. The first-order valence-corrected chi connectivity index (χ1v) is 11.0. The molecule has 4 heterocycles. The number of hydrogen-bond donors (Lipinski definition) is 1. The van der Waals surface area contributed by atoms with E-state index in [1.54, 1.807) is 31.6 Å². The van der Waals surface area contributed by atoms with Gasteiger partial charge in [-0.1, -0.05) is 6.07 Å². The molecular weight excluding hydrogens is 432 g/mol. The molecule has 0 bridgehead atoms. The summed E-state index contributed by atoms with van der Waals surface area (Å²) in [5, 5.41) is 12.2. The number of nitriles is 1. The topological polar surface area (TPSA) is 121 Å². The van der Waals surface area contributed by atoms with Gasteiger partial charge in [-0.2, -0.15) is 5.26 Å². The van der Waals surface area contributed by atoms with Gasteiger partial charge in [-0.3, -0.25) is 20.0 Å². The minimum atomic E-state index is -0.389. The molecular formula is C25H24N6O3. The molecule has 3 aromatic rings. The molecule has 34 heavy (non-hydrogen) atoms. The van der Waals surface area contributed by atoms with Crippen molar-refractivity contribution in [3.63, 3.8) is 0 Å². The van der Waals surface area contributed by atoms with Gasteiger partial charge in [0.05, 0.1) is 5.56 Å². The second kappa shape index (κ2) is 10.6. The molecule has 1 aliphatic rings. The van der Waals surface area contributed by atoms with E-state index in [0.717, 1.165) is 36.0 Å². The van der Waals surface area contributed by atoms with E-state index >= 15 is 0 Å². The predicted octanol–water partition coefficient (Wildman–Crippen LogP) is 3.79. The zero-order chi connectivity index (χ0) is 23.9. The fraction of sp³-hybridized carbons (Fsp3) is 0.280. The number of aryl methyl sites for hydroxylation is 2. The fourth-order valence-corrected chi connectivity index (χ4v) is 4.01. The maximum absolute atomic E-state index is 13.2. The lowest BCUT2D eigenvalue weighted by Gasteiger charge is -2.29. The van der Waals surface area contributed by atoms with E-state index in [9.17, 15) is 14.9 Å². The van der Waals surface area contributed by atoms with Gasteiger partial charge in [-0.15, -0.1) is 0 Å².